The smallest absolute Gasteiger partial charge is 0.320 e. The standard InChI is InChI=1S/C21H41N3O3/c1-3-5-7-11-23-14-15-24(21(23)26)19-9-12-22(13-10-19)17-20(25)18-27-16-8-6-4-2/h19-20,25H,3-18H2,1-2H3. The van der Waals surface area contributed by atoms with Crippen LogP contribution in [0.25, 0.3) is 0 Å². The van der Waals surface area contributed by atoms with Crippen LogP contribution in [0.3, 0.4) is 0 Å². The predicted molar refractivity (Wildman–Crippen MR) is 109 cm³/mol. The molecule has 0 spiro atoms. The topological polar surface area (TPSA) is 56.3 Å². The van der Waals surface area contributed by atoms with Gasteiger partial charge in [0.25, 0.3) is 0 Å². The predicted octanol–water partition coefficient (Wildman–Crippen LogP) is 2.95. The molecule has 2 aliphatic rings. The molecule has 27 heavy (non-hydrogen) atoms. The molecule has 0 aromatic carbocycles. The van der Waals surface area contributed by atoms with Gasteiger partial charge in [-0.3, -0.25) is 0 Å². The van der Waals surface area contributed by atoms with Crippen molar-refractivity contribution in [2.45, 2.75) is 77.4 Å². The van der Waals surface area contributed by atoms with Crippen LogP contribution in [0.5, 0.6) is 0 Å². The zero-order valence-corrected chi connectivity index (χ0v) is 17.6. The molecule has 0 saturated carbocycles. The summed E-state index contributed by atoms with van der Waals surface area (Å²) in [6.45, 7) is 10.8. The molecule has 0 aromatic rings. The lowest BCUT2D eigenvalue weighted by molar-refractivity contribution is 0.00838. The van der Waals surface area contributed by atoms with Crippen molar-refractivity contribution < 1.29 is 14.6 Å². The lowest BCUT2D eigenvalue weighted by Crippen LogP contribution is -2.48. The number of carbonyl (C=O) groups is 1. The normalized spacial score (nSPS) is 20.6. The maximum atomic E-state index is 12.6. The number of aliphatic hydroxyl groups is 1. The van der Waals surface area contributed by atoms with Gasteiger partial charge in [0.1, 0.15) is 0 Å². The molecule has 1 atom stereocenters. The summed E-state index contributed by atoms with van der Waals surface area (Å²) in [4.78, 5) is 19.1. The Kier molecular flexibility index (Phi) is 10.5. The Hall–Kier alpha value is -0.850. The summed E-state index contributed by atoms with van der Waals surface area (Å²) >= 11 is 0. The van der Waals surface area contributed by atoms with Crippen LogP contribution >= 0.6 is 0 Å². The van der Waals surface area contributed by atoms with E-state index < -0.39 is 6.10 Å². The summed E-state index contributed by atoms with van der Waals surface area (Å²) in [6, 6.07) is 0.609. The van der Waals surface area contributed by atoms with E-state index in [0.29, 0.717) is 19.2 Å². The molecule has 2 rings (SSSR count). The average Bonchev–Trinajstić information content (AvgIpc) is 3.03. The Morgan fingerprint density at radius 2 is 1.74 bits per heavy atom. The Balaban J connectivity index is 1.61. The van der Waals surface area contributed by atoms with Gasteiger partial charge in [-0.2, -0.15) is 0 Å². The van der Waals surface area contributed by atoms with E-state index in [1.807, 2.05) is 4.90 Å². The summed E-state index contributed by atoms with van der Waals surface area (Å²) in [5.41, 5.74) is 0. The third-order valence-corrected chi connectivity index (χ3v) is 5.83. The molecule has 6 heteroatoms. The SMILES string of the molecule is CCCCCOCC(O)CN1CCC(N2CCN(CCCCC)C2=O)CC1. The van der Waals surface area contributed by atoms with Crippen LogP contribution in [0.15, 0.2) is 0 Å². The Morgan fingerprint density at radius 1 is 1.04 bits per heavy atom. The zero-order valence-electron chi connectivity index (χ0n) is 17.6. The maximum absolute atomic E-state index is 12.6. The number of amides is 2. The minimum Gasteiger partial charge on any atom is -0.389 e. The molecular weight excluding hydrogens is 342 g/mol. The fraction of sp³-hybridized carbons (Fsp3) is 0.952. The minimum atomic E-state index is -0.411. The highest BCUT2D eigenvalue weighted by Crippen LogP contribution is 2.22. The number of piperidine rings is 1. The fourth-order valence-electron chi connectivity index (χ4n) is 4.14. The molecule has 6 nitrogen and oxygen atoms in total. The summed E-state index contributed by atoms with van der Waals surface area (Å²) in [6.07, 6.45) is 8.59. The number of nitrogens with zero attached hydrogens (tertiary/aromatic N) is 3. The van der Waals surface area contributed by atoms with Crippen molar-refractivity contribution in [1.82, 2.24) is 14.7 Å². The van der Waals surface area contributed by atoms with Crippen LogP contribution in [0.4, 0.5) is 4.79 Å². The molecule has 0 aliphatic carbocycles. The van der Waals surface area contributed by atoms with E-state index in [1.54, 1.807) is 0 Å². The minimum absolute atomic E-state index is 0.241. The first kappa shape index (κ1) is 22.4. The first-order valence-electron chi connectivity index (χ1n) is 11.2. The van der Waals surface area contributed by atoms with Crippen molar-refractivity contribution in [2.24, 2.45) is 0 Å². The first-order valence-corrected chi connectivity index (χ1v) is 11.2. The van der Waals surface area contributed by atoms with Gasteiger partial charge < -0.3 is 24.5 Å². The number of aliphatic hydroxyl groups excluding tert-OH is 1. The van der Waals surface area contributed by atoms with E-state index in [1.165, 1.54) is 25.7 Å². The second kappa shape index (κ2) is 12.6. The van der Waals surface area contributed by atoms with Gasteiger partial charge in [0, 0.05) is 51.9 Å². The van der Waals surface area contributed by atoms with Crippen molar-refractivity contribution >= 4 is 6.03 Å². The van der Waals surface area contributed by atoms with Gasteiger partial charge in [0.05, 0.1) is 12.7 Å². The van der Waals surface area contributed by atoms with Gasteiger partial charge in [-0.15, -0.1) is 0 Å². The molecule has 2 aliphatic heterocycles. The number of rotatable bonds is 13. The van der Waals surface area contributed by atoms with E-state index in [9.17, 15) is 9.90 Å². The van der Waals surface area contributed by atoms with Crippen molar-refractivity contribution in [2.75, 3.05) is 52.5 Å². The largest absolute Gasteiger partial charge is 0.389 e. The number of ether oxygens (including phenoxy) is 1. The Morgan fingerprint density at radius 3 is 2.44 bits per heavy atom. The van der Waals surface area contributed by atoms with Crippen LogP contribution in [0.2, 0.25) is 0 Å². The van der Waals surface area contributed by atoms with Gasteiger partial charge in [-0.25, -0.2) is 4.79 Å². The van der Waals surface area contributed by atoms with Gasteiger partial charge in [0.15, 0.2) is 0 Å². The Labute approximate surface area is 165 Å². The summed E-state index contributed by atoms with van der Waals surface area (Å²) in [5.74, 6) is 0. The number of urea groups is 1. The van der Waals surface area contributed by atoms with E-state index in [-0.39, 0.29) is 6.03 Å². The highest BCUT2D eigenvalue weighted by Gasteiger charge is 2.35. The Bertz CT molecular complexity index is 413. The zero-order chi connectivity index (χ0) is 19.5. The van der Waals surface area contributed by atoms with Crippen molar-refractivity contribution in [3.63, 3.8) is 0 Å². The second-order valence-electron chi connectivity index (χ2n) is 8.14. The van der Waals surface area contributed by atoms with Gasteiger partial charge in [0.2, 0.25) is 0 Å². The number of likely N-dealkylation sites (tertiary alicyclic amines) is 1. The van der Waals surface area contributed by atoms with Gasteiger partial charge >= 0.3 is 6.03 Å². The van der Waals surface area contributed by atoms with Crippen molar-refractivity contribution in [3.05, 3.63) is 0 Å². The van der Waals surface area contributed by atoms with Crippen molar-refractivity contribution in [3.8, 4) is 0 Å². The van der Waals surface area contributed by atoms with Crippen LogP contribution in [-0.2, 0) is 4.74 Å². The first-order chi connectivity index (χ1) is 13.2. The van der Waals surface area contributed by atoms with Gasteiger partial charge in [-0.05, 0) is 25.7 Å². The lowest BCUT2D eigenvalue weighted by Gasteiger charge is -2.37. The molecule has 158 valence electrons. The number of β-amino-alcohol motifs (C(OH)–C–C–N with tert-alkyl or cyclic N) is 1. The molecule has 1 unspecified atom stereocenters. The molecule has 2 fully saturated rings. The number of carbonyl (C=O) groups excluding carboxylic acids is 1. The third kappa shape index (κ3) is 7.59. The summed E-state index contributed by atoms with van der Waals surface area (Å²) in [7, 11) is 0. The van der Waals surface area contributed by atoms with E-state index in [0.717, 1.165) is 65.0 Å². The number of unbranched alkanes of at least 4 members (excludes halogenated alkanes) is 4. The van der Waals surface area contributed by atoms with Crippen LogP contribution < -0.4 is 0 Å². The molecule has 2 heterocycles. The lowest BCUT2D eigenvalue weighted by atomic mass is 10.0. The molecule has 0 radical (unpaired) electrons. The van der Waals surface area contributed by atoms with Gasteiger partial charge in [-0.1, -0.05) is 39.5 Å². The van der Waals surface area contributed by atoms with E-state index >= 15 is 0 Å². The second-order valence-corrected chi connectivity index (χ2v) is 8.14. The van der Waals surface area contributed by atoms with Crippen LogP contribution in [0.1, 0.15) is 65.2 Å². The summed E-state index contributed by atoms with van der Waals surface area (Å²) in [5, 5.41) is 10.2. The van der Waals surface area contributed by atoms with E-state index in [2.05, 4.69) is 23.6 Å². The molecule has 2 saturated heterocycles. The van der Waals surface area contributed by atoms with Crippen LogP contribution in [0, 0.1) is 0 Å². The highest BCUT2D eigenvalue weighted by atomic mass is 16.5. The number of hydrogen-bond acceptors (Lipinski definition) is 4. The molecular formula is C21H41N3O3. The maximum Gasteiger partial charge on any atom is 0.320 e. The molecule has 0 bridgehead atoms. The van der Waals surface area contributed by atoms with Crippen LogP contribution in [-0.4, -0.2) is 90.5 Å². The molecule has 2 amide bonds. The monoisotopic (exact) mass is 383 g/mol. The highest BCUT2D eigenvalue weighted by molar-refractivity contribution is 5.76. The summed E-state index contributed by atoms with van der Waals surface area (Å²) < 4.78 is 5.57. The fourth-order valence-corrected chi connectivity index (χ4v) is 4.14. The average molecular weight is 384 g/mol. The van der Waals surface area contributed by atoms with E-state index in [4.69, 9.17) is 4.74 Å². The van der Waals surface area contributed by atoms with Crippen molar-refractivity contribution in [1.29, 1.82) is 0 Å². The molecule has 1 N–H and O–H groups in total. The molecule has 0 aromatic heterocycles. The quantitative estimate of drug-likeness (QED) is 0.497. The number of hydrogen-bond donors (Lipinski definition) is 1. The third-order valence-electron chi connectivity index (χ3n) is 5.83.